The molecular weight excluding hydrogens is 270 g/mol. The Labute approximate surface area is 124 Å². The van der Waals surface area contributed by atoms with Crippen LogP contribution in [0.3, 0.4) is 0 Å². The van der Waals surface area contributed by atoms with Crippen LogP contribution in [0.25, 0.3) is 0 Å². The maximum atomic E-state index is 12.4. The zero-order valence-electron chi connectivity index (χ0n) is 12.7. The normalized spacial score (nSPS) is 24.7. The highest BCUT2D eigenvalue weighted by Gasteiger charge is 2.35. The molecule has 2 fully saturated rings. The molecule has 116 valence electrons. The molecule has 21 heavy (non-hydrogen) atoms. The van der Waals surface area contributed by atoms with E-state index in [0.717, 1.165) is 44.5 Å². The molecule has 0 bridgehead atoms. The van der Waals surface area contributed by atoms with E-state index >= 15 is 0 Å². The molecule has 1 saturated heterocycles. The lowest BCUT2D eigenvalue weighted by Crippen LogP contribution is -2.43. The molecule has 0 N–H and O–H groups in total. The summed E-state index contributed by atoms with van der Waals surface area (Å²) in [6.45, 7) is 2.51. The van der Waals surface area contributed by atoms with Crippen molar-refractivity contribution in [2.24, 2.45) is 0 Å². The van der Waals surface area contributed by atoms with Gasteiger partial charge in [-0.1, -0.05) is 6.42 Å². The molecule has 0 radical (unpaired) electrons. The van der Waals surface area contributed by atoms with Crippen LogP contribution in [0.1, 0.15) is 69.2 Å². The molecule has 2 atom stereocenters. The van der Waals surface area contributed by atoms with Crippen LogP contribution in [-0.2, 0) is 9.53 Å². The lowest BCUT2D eigenvalue weighted by atomic mass is 9.85. The van der Waals surface area contributed by atoms with E-state index in [2.05, 4.69) is 10.2 Å². The SMILES string of the molecule is COC(C)C(=O)N1CCCCC1c1nnc(C2CCC2)o1. The summed E-state index contributed by atoms with van der Waals surface area (Å²) < 4.78 is 11.0. The topological polar surface area (TPSA) is 68.5 Å². The monoisotopic (exact) mass is 293 g/mol. The van der Waals surface area contributed by atoms with Crippen LogP contribution < -0.4 is 0 Å². The molecule has 2 heterocycles. The summed E-state index contributed by atoms with van der Waals surface area (Å²) in [5, 5.41) is 8.40. The zero-order chi connectivity index (χ0) is 14.8. The van der Waals surface area contributed by atoms with Crippen LogP contribution in [0.4, 0.5) is 0 Å². The minimum absolute atomic E-state index is 0.00518. The number of ether oxygens (including phenoxy) is 1. The number of hydrogen-bond acceptors (Lipinski definition) is 5. The second kappa shape index (κ2) is 6.13. The Balaban J connectivity index is 1.77. The predicted octanol–water partition coefficient (Wildman–Crippen LogP) is 2.43. The molecule has 1 aliphatic heterocycles. The molecular formula is C15H23N3O3. The van der Waals surface area contributed by atoms with Crippen LogP contribution in [0.15, 0.2) is 4.42 Å². The van der Waals surface area contributed by atoms with Gasteiger partial charge in [0.15, 0.2) is 0 Å². The maximum Gasteiger partial charge on any atom is 0.252 e. The minimum Gasteiger partial charge on any atom is -0.423 e. The van der Waals surface area contributed by atoms with Crippen LogP contribution in [-0.4, -0.2) is 40.8 Å². The molecule has 6 heteroatoms. The van der Waals surface area contributed by atoms with Crippen molar-refractivity contribution in [3.05, 3.63) is 11.8 Å². The molecule has 6 nitrogen and oxygen atoms in total. The van der Waals surface area contributed by atoms with Gasteiger partial charge >= 0.3 is 0 Å². The second-order valence-corrected chi connectivity index (χ2v) is 6.03. The summed E-state index contributed by atoms with van der Waals surface area (Å²) in [5.74, 6) is 1.77. The van der Waals surface area contributed by atoms with Crippen molar-refractivity contribution in [3.8, 4) is 0 Å². The highest BCUT2D eigenvalue weighted by molar-refractivity contribution is 5.81. The third kappa shape index (κ3) is 2.81. The average Bonchev–Trinajstić information content (AvgIpc) is 2.93. The first-order valence-electron chi connectivity index (χ1n) is 7.87. The number of methoxy groups -OCH3 is 1. The number of carbonyl (C=O) groups excluding carboxylic acids is 1. The van der Waals surface area contributed by atoms with E-state index in [9.17, 15) is 4.79 Å². The quantitative estimate of drug-likeness (QED) is 0.852. The summed E-state index contributed by atoms with van der Waals surface area (Å²) in [6.07, 6.45) is 6.06. The summed E-state index contributed by atoms with van der Waals surface area (Å²) in [6, 6.07) is -0.0924. The van der Waals surface area contributed by atoms with E-state index < -0.39 is 6.10 Å². The fourth-order valence-corrected chi connectivity index (χ4v) is 2.99. The number of aromatic nitrogens is 2. The van der Waals surface area contributed by atoms with Gasteiger partial charge in [0.1, 0.15) is 12.1 Å². The van der Waals surface area contributed by atoms with Gasteiger partial charge in [0.05, 0.1) is 0 Å². The highest BCUT2D eigenvalue weighted by Crippen LogP contribution is 2.37. The standard InChI is InChI=1S/C15H23N3O3/c1-10(20-2)15(19)18-9-4-3-8-12(18)14-17-16-13(21-14)11-6-5-7-11/h10-12H,3-9H2,1-2H3. The number of hydrogen-bond donors (Lipinski definition) is 0. The van der Waals surface area contributed by atoms with Gasteiger partial charge in [-0.2, -0.15) is 0 Å². The van der Waals surface area contributed by atoms with Crippen molar-refractivity contribution in [3.63, 3.8) is 0 Å². The lowest BCUT2D eigenvalue weighted by molar-refractivity contribution is -0.145. The molecule has 1 aromatic rings. The largest absolute Gasteiger partial charge is 0.423 e. The van der Waals surface area contributed by atoms with E-state index in [1.165, 1.54) is 6.42 Å². The first kappa shape index (κ1) is 14.5. The first-order chi connectivity index (χ1) is 10.2. The number of carbonyl (C=O) groups is 1. The second-order valence-electron chi connectivity index (χ2n) is 6.03. The number of likely N-dealkylation sites (tertiary alicyclic amines) is 1. The van der Waals surface area contributed by atoms with E-state index in [1.54, 1.807) is 14.0 Å². The molecule has 1 aliphatic carbocycles. The van der Waals surface area contributed by atoms with Gasteiger partial charge in [-0.25, -0.2) is 0 Å². The molecule has 1 amide bonds. The average molecular weight is 293 g/mol. The van der Waals surface area contributed by atoms with Gasteiger partial charge in [0, 0.05) is 19.6 Å². The van der Waals surface area contributed by atoms with Gasteiger partial charge in [-0.3, -0.25) is 4.79 Å². The number of nitrogens with zero attached hydrogens (tertiary/aromatic N) is 3. The Morgan fingerprint density at radius 1 is 1.24 bits per heavy atom. The van der Waals surface area contributed by atoms with Crippen LogP contribution in [0.5, 0.6) is 0 Å². The molecule has 3 rings (SSSR count). The van der Waals surface area contributed by atoms with Crippen molar-refractivity contribution in [2.75, 3.05) is 13.7 Å². The van der Waals surface area contributed by atoms with Crippen LogP contribution in [0, 0.1) is 0 Å². The van der Waals surface area contributed by atoms with Gasteiger partial charge in [-0.05, 0) is 39.0 Å². The summed E-state index contributed by atoms with van der Waals surface area (Å²) in [5.41, 5.74) is 0. The molecule has 2 unspecified atom stereocenters. The third-order valence-electron chi connectivity index (χ3n) is 4.68. The van der Waals surface area contributed by atoms with Gasteiger partial charge in [0.25, 0.3) is 5.91 Å². The Bertz CT molecular complexity index is 498. The lowest BCUT2D eigenvalue weighted by Gasteiger charge is -2.34. The van der Waals surface area contributed by atoms with Crippen molar-refractivity contribution in [1.29, 1.82) is 0 Å². The molecule has 0 spiro atoms. The van der Waals surface area contributed by atoms with E-state index in [-0.39, 0.29) is 11.9 Å². The fraction of sp³-hybridized carbons (Fsp3) is 0.800. The fourth-order valence-electron chi connectivity index (χ4n) is 2.99. The van der Waals surface area contributed by atoms with Gasteiger partial charge < -0.3 is 14.1 Å². The van der Waals surface area contributed by atoms with Gasteiger partial charge in [0.2, 0.25) is 11.8 Å². The Morgan fingerprint density at radius 2 is 2.00 bits per heavy atom. The smallest absolute Gasteiger partial charge is 0.252 e. The predicted molar refractivity (Wildman–Crippen MR) is 75.7 cm³/mol. The van der Waals surface area contributed by atoms with Crippen molar-refractivity contribution < 1.29 is 13.9 Å². The number of piperidine rings is 1. The van der Waals surface area contributed by atoms with E-state index in [0.29, 0.717) is 11.8 Å². The van der Waals surface area contributed by atoms with E-state index in [4.69, 9.17) is 9.15 Å². The summed E-state index contributed by atoms with van der Waals surface area (Å²) >= 11 is 0. The molecule has 1 saturated carbocycles. The maximum absolute atomic E-state index is 12.4. The summed E-state index contributed by atoms with van der Waals surface area (Å²) in [7, 11) is 1.56. The van der Waals surface area contributed by atoms with Gasteiger partial charge in [-0.15, -0.1) is 10.2 Å². The number of rotatable bonds is 4. The minimum atomic E-state index is -0.431. The molecule has 1 aromatic heterocycles. The Morgan fingerprint density at radius 3 is 2.67 bits per heavy atom. The van der Waals surface area contributed by atoms with Crippen LogP contribution >= 0.6 is 0 Å². The third-order valence-corrected chi connectivity index (χ3v) is 4.68. The van der Waals surface area contributed by atoms with Crippen molar-refractivity contribution >= 4 is 5.91 Å². The Hall–Kier alpha value is -1.43. The first-order valence-corrected chi connectivity index (χ1v) is 7.87. The zero-order valence-corrected chi connectivity index (χ0v) is 12.7. The molecule has 2 aliphatic rings. The highest BCUT2D eigenvalue weighted by atomic mass is 16.5. The van der Waals surface area contributed by atoms with Crippen molar-refractivity contribution in [2.45, 2.75) is 63.5 Å². The van der Waals surface area contributed by atoms with E-state index in [1.807, 2.05) is 4.90 Å². The summed E-state index contributed by atoms with van der Waals surface area (Å²) in [4.78, 5) is 14.3. The molecule has 0 aromatic carbocycles. The van der Waals surface area contributed by atoms with Crippen molar-refractivity contribution in [1.82, 2.24) is 15.1 Å². The Kier molecular flexibility index (Phi) is 4.24. The van der Waals surface area contributed by atoms with Crippen LogP contribution in [0.2, 0.25) is 0 Å². The number of amides is 1.